The summed E-state index contributed by atoms with van der Waals surface area (Å²) in [5, 5.41) is 1.56. The molecular formula is C28H26BrClO3. The molecule has 0 bridgehead atoms. The summed E-state index contributed by atoms with van der Waals surface area (Å²) in [6.45, 7) is 2.21. The lowest BCUT2D eigenvalue weighted by atomic mass is 9.60. The molecule has 2 aliphatic carbocycles. The van der Waals surface area contributed by atoms with Crippen LogP contribution in [0.25, 0.3) is 17.2 Å². The van der Waals surface area contributed by atoms with Crippen LogP contribution in [0.3, 0.4) is 0 Å². The average Bonchev–Trinajstić information content (AvgIpc) is 3.36. The van der Waals surface area contributed by atoms with E-state index in [1.807, 2.05) is 31.2 Å². The predicted molar refractivity (Wildman–Crippen MR) is 136 cm³/mol. The highest BCUT2D eigenvalue weighted by Crippen LogP contribution is 2.53. The van der Waals surface area contributed by atoms with E-state index in [4.69, 9.17) is 20.8 Å². The van der Waals surface area contributed by atoms with Gasteiger partial charge >= 0.3 is 5.97 Å². The monoisotopic (exact) mass is 524 g/mol. The predicted octanol–water partition coefficient (Wildman–Crippen LogP) is 7.49. The molecule has 33 heavy (non-hydrogen) atoms. The van der Waals surface area contributed by atoms with Gasteiger partial charge in [0.1, 0.15) is 11.2 Å². The number of carbonyl (C=O) groups excluding carboxylic acids is 1. The van der Waals surface area contributed by atoms with Gasteiger partial charge in [0.2, 0.25) is 0 Å². The second kappa shape index (κ2) is 9.15. The number of fused-ring (bicyclic) bond motifs is 5. The van der Waals surface area contributed by atoms with E-state index in [0.29, 0.717) is 13.0 Å². The number of esters is 1. The third kappa shape index (κ3) is 3.59. The lowest BCUT2D eigenvalue weighted by molar-refractivity contribution is -0.151. The summed E-state index contributed by atoms with van der Waals surface area (Å²) in [5.74, 6) is 0.491. The van der Waals surface area contributed by atoms with Gasteiger partial charge in [-0.05, 0) is 84.2 Å². The van der Waals surface area contributed by atoms with E-state index in [0.717, 1.165) is 52.1 Å². The molecule has 170 valence electrons. The molecule has 5 heteroatoms. The van der Waals surface area contributed by atoms with E-state index < -0.39 is 5.41 Å². The molecule has 0 saturated heterocycles. The minimum Gasteiger partial charge on any atom is -0.469 e. The number of alkyl halides is 1. The molecule has 1 aromatic heterocycles. The largest absolute Gasteiger partial charge is 0.469 e. The molecular weight excluding hydrogens is 500 g/mol. The minimum absolute atomic E-state index is 0.151. The molecule has 2 aliphatic rings. The number of hydrogen-bond donors (Lipinski definition) is 0. The van der Waals surface area contributed by atoms with Gasteiger partial charge in [-0.1, -0.05) is 63.9 Å². The Morgan fingerprint density at radius 2 is 1.97 bits per heavy atom. The number of allylic oxidation sites excluding steroid dienone is 1. The topological polar surface area (TPSA) is 39.4 Å². The number of furan rings is 1. The van der Waals surface area contributed by atoms with Crippen molar-refractivity contribution in [2.75, 3.05) is 11.9 Å². The Kier molecular flexibility index (Phi) is 6.24. The van der Waals surface area contributed by atoms with Crippen LogP contribution in [0.5, 0.6) is 0 Å². The summed E-state index contributed by atoms with van der Waals surface area (Å²) < 4.78 is 11.7. The van der Waals surface area contributed by atoms with Crippen LogP contribution in [0.2, 0.25) is 5.02 Å². The van der Waals surface area contributed by atoms with Gasteiger partial charge in [0.05, 0.1) is 12.9 Å². The first kappa shape index (κ1) is 22.5. The zero-order valence-corrected chi connectivity index (χ0v) is 20.9. The summed E-state index contributed by atoms with van der Waals surface area (Å²) in [6, 6.07) is 14.3. The first-order chi connectivity index (χ1) is 16.1. The van der Waals surface area contributed by atoms with E-state index >= 15 is 0 Å². The number of halogens is 2. The Morgan fingerprint density at radius 1 is 1.15 bits per heavy atom. The Hall–Kier alpha value is -2.30. The quantitative estimate of drug-likeness (QED) is 0.247. The Labute approximate surface area is 207 Å². The summed E-state index contributed by atoms with van der Waals surface area (Å²) in [6.07, 6.45) is 8.97. The van der Waals surface area contributed by atoms with Crippen LogP contribution >= 0.6 is 27.5 Å². The van der Waals surface area contributed by atoms with Crippen LogP contribution in [0.1, 0.15) is 53.7 Å². The summed E-state index contributed by atoms with van der Waals surface area (Å²) in [4.78, 5) is 13.9. The molecule has 0 saturated carbocycles. The Balaban J connectivity index is 1.80. The molecule has 0 aliphatic heterocycles. The van der Waals surface area contributed by atoms with Crippen LogP contribution in [0.4, 0.5) is 0 Å². The van der Waals surface area contributed by atoms with Crippen molar-refractivity contribution in [2.45, 2.75) is 43.9 Å². The van der Waals surface area contributed by atoms with Gasteiger partial charge in [-0.3, -0.25) is 4.79 Å². The SMILES string of the molecule is CCOC(=O)C1(C(CCBr)c2ccco2)CC=Cc2ccc3c(c21)CCc1c(Cl)cccc1-3. The molecule has 2 atom stereocenters. The van der Waals surface area contributed by atoms with E-state index in [-0.39, 0.29) is 11.9 Å². The van der Waals surface area contributed by atoms with Crippen LogP contribution in [-0.2, 0) is 27.8 Å². The number of carbonyl (C=O) groups is 1. The van der Waals surface area contributed by atoms with E-state index in [2.05, 4.69) is 46.3 Å². The van der Waals surface area contributed by atoms with Crippen molar-refractivity contribution in [1.29, 1.82) is 0 Å². The third-order valence-electron chi connectivity index (χ3n) is 7.08. The number of ether oxygens (including phenoxy) is 1. The number of hydrogen-bond acceptors (Lipinski definition) is 3. The standard InChI is InChI=1S/C28H26BrClO3/c1-2-32-27(31)28(23(14-16-29)25-9-5-17-33-25)15-4-6-18-10-11-20-19-7-3-8-24(30)21(19)12-13-22(20)26(18)28/h3-11,17,23H,2,12-16H2,1H3. The van der Waals surface area contributed by atoms with Gasteiger partial charge in [-0.2, -0.15) is 0 Å². The van der Waals surface area contributed by atoms with Crippen LogP contribution in [0, 0.1) is 0 Å². The molecule has 5 rings (SSSR count). The fraction of sp³-hybridized carbons (Fsp3) is 0.321. The second-order valence-corrected chi connectivity index (χ2v) is 9.87. The fourth-order valence-corrected chi connectivity index (χ4v) is 6.49. The van der Waals surface area contributed by atoms with Crippen LogP contribution in [0.15, 0.2) is 59.2 Å². The lowest BCUT2D eigenvalue weighted by Gasteiger charge is -2.42. The average molecular weight is 526 g/mol. The van der Waals surface area contributed by atoms with Gasteiger partial charge in [0.15, 0.2) is 0 Å². The molecule has 0 amide bonds. The van der Waals surface area contributed by atoms with E-state index in [9.17, 15) is 4.79 Å². The highest BCUT2D eigenvalue weighted by Gasteiger charge is 2.52. The number of rotatable bonds is 6. The smallest absolute Gasteiger partial charge is 0.317 e. The first-order valence-electron chi connectivity index (χ1n) is 11.5. The molecule has 1 heterocycles. The van der Waals surface area contributed by atoms with Crippen LogP contribution in [-0.4, -0.2) is 17.9 Å². The Morgan fingerprint density at radius 3 is 2.73 bits per heavy atom. The third-order valence-corrected chi connectivity index (χ3v) is 7.89. The maximum absolute atomic E-state index is 13.9. The van der Waals surface area contributed by atoms with Crippen LogP contribution < -0.4 is 0 Å². The van der Waals surface area contributed by atoms with Crippen molar-refractivity contribution in [1.82, 2.24) is 0 Å². The van der Waals surface area contributed by atoms with Crippen molar-refractivity contribution in [3.8, 4) is 11.1 Å². The zero-order valence-electron chi connectivity index (χ0n) is 18.6. The second-order valence-electron chi connectivity index (χ2n) is 8.67. The molecule has 2 unspecified atom stereocenters. The van der Waals surface area contributed by atoms with E-state index in [1.54, 1.807) is 6.26 Å². The van der Waals surface area contributed by atoms with Gasteiger partial charge in [0, 0.05) is 16.3 Å². The van der Waals surface area contributed by atoms with Crippen molar-refractivity contribution in [2.24, 2.45) is 0 Å². The lowest BCUT2D eigenvalue weighted by Crippen LogP contribution is -2.45. The van der Waals surface area contributed by atoms with Crippen molar-refractivity contribution >= 4 is 39.6 Å². The summed E-state index contributed by atoms with van der Waals surface area (Å²) >= 11 is 10.2. The molecule has 0 radical (unpaired) electrons. The highest BCUT2D eigenvalue weighted by atomic mass is 79.9. The number of benzene rings is 2. The molecule has 0 fully saturated rings. The fourth-order valence-electron chi connectivity index (χ4n) is 5.77. The molecule has 2 aromatic carbocycles. The maximum Gasteiger partial charge on any atom is 0.317 e. The van der Waals surface area contributed by atoms with Crippen molar-refractivity contribution in [3.05, 3.63) is 87.8 Å². The highest BCUT2D eigenvalue weighted by molar-refractivity contribution is 9.09. The Bertz CT molecular complexity index is 1210. The summed E-state index contributed by atoms with van der Waals surface area (Å²) in [5.41, 5.74) is 6.06. The van der Waals surface area contributed by atoms with Crippen molar-refractivity contribution < 1.29 is 13.9 Å². The minimum atomic E-state index is -0.854. The normalized spacial score (nSPS) is 19.4. The van der Waals surface area contributed by atoms with Gasteiger partial charge in [-0.25, -0.2) is 0 Å². The molecule has 0 spiro atoms. The first-order valence-corrected chi connectivity index (χ1v) is 13.0. The molecule has 3 aromatic rings. The van der Waals surface area contributed by atoms with E-state index in [1.165, 1.54) is 16.7 Å². The zero-order chi connectivity index (χ0) is 23.0. The van der Waals surface area contributed by atoms with Crippen molar-refractivity contribution in [3.63, 3.8) is 0 Å². The summed E-state index contributed by atoms with van der Waals surface area (Å²) in [7, 11) is 0. The van der Waals surface area contributed by atoms with Gasteiger partial charge in [0.25, 0.3) is 0 Å². The van der Waals surface area contributed by atoms with Gasteiger partial charge < -0.3 is 9.15 Å². The maximum atomic E-state index is 13.9. The molecule has 3 nitrogen and oxygen atoms in total. The molecule has 0 N–H and O–H groups in total. The van der Waals surface area contributed by atoms with Gasteiger partial charge in [-0.15, -0.1) is 0 Å².